The first-order valence-electron chi connectivity index (χ1n) is 9.02. The van der Waals surface area contributed by atoms with Crippen molar-refractivity contribution in [3.63, 3.8) is 0 Å². The van der Waals surface area contributed by atoms with Crippen LogP contribution in [0, 0.1) is 0 Å². The first-order valence-corrected chi connectivity index (χ1v) is 9.02. The maximum absolute atomic E-state index is 11.9. The third-order valence-corrected chi connectivity index (χ3v) is 4.47. The molecule has 1 aromatic heterocycles. The fourth-order valence-electron chi connectivity index (χ4n) is 3.22. The van der Waals surface area contributed by atoms with Crippen molar-refractivity contribution in [3.8, 4) is 0 Å². The number of H-pyrrole nitrogens is 1. The second-order valence-electron chi connectivity index (χ2n) is 6.48. The van der Waals surface area contributed by atoms with E-state index < -0.39 is 0 Å². The van der Waals surface area contributed by atoms with Crippen LogP contribution in [0.1, 0.15) is 74.6 Å². The number of hydrogen-bond donors (Lipinski definition) is 1. The van der Waals surface area contributed by atoms with Crippen molar-refractivity contribution in [3.05, 3.63) is 65.0 Å². The van der Waals surface area contributed by atoms with Gasteiger partial charge in [0.05, 0.1) is 0 Å². The molecule has 0 atom stereocenters. The van der Waals surface area contributed by atoms with Crippen LogP contribution in [0.5, 0.6) is 0 Å². The summed E-state index contributed by atoms with van der Waals surface area (Å²) < 4.78 is 0. The Morgan fingerprint density at radius 1 is 1.38 bits per heavy atom. The molecule has 0 saturated heterocycles. The number of Topliss-reactive ketones (excluding diaryl/α,β-unsaturated/α-hetero) is 1. The Bertz CT molecular complexity index is 698. The highest BCUT2D eigenvalue weighted by Gasteiger charge is 2.14. The largest absolute Gasteiger partial charge is 0.358 e. The van der Waals surface area contributed by atoms with Gasteiger partial charge in [-0.05, 0) is 74.8 Å². The molecule has 1 aliphatic carbocycles. The van der Waals surface area contributed by atoms with E-state index in [0.717, 1.165) is 53.8 Å². The van der Waals surface area contributed by atoms with E-state index in [1.54, 1.807) is 6.92 Å². The molecule has 1 aliphatic rings. The minimum absolute atomic E-state index is 0.120. The zero-order valence-corrected chi connectivity index (χ0v) is 15.2. The highest BCUT2D eigenvalue weighted by molar-refractivity contribution is 5.96. The normalized spacial score (nSPS) is 15.6. The lowest BCUT2D eigenvalue weighted by Gasteiger charge is -2.13. The van der Waals surface area contributed by atoms with Crippen molar-refractivity contribution in [2.75, 3.05) is 0 Å². The number of aryl methyl sites for hydroxylation is 1. The highest BCUT2D eigenvalue weighted by Crippen LogP contribution is 2.28. The Morgan fingerprint density at radius 3 is 2.75 bits per heavy atom. The minimum Gasteiger partial charge on any atom is -0.358 e. The Labute approximate surface area is 146 Å². The quantitative estimate of drug-likeness (QED) is 0.471. The number of allylic oxidation sites excluding steroid dienone is 7. The molecule has 0 aromatic carbocycles. The summed E-state index contributed by atoms with van der Waals surface area (Å²) >= 11 is 0. The van der Waals surface area contributed by atoms with E-state index in [1.165, 1.54) is 18.4 Å². The number of aromatic amines is 1. The second kappa shape index (κ2) is 8.68. The number of hydrogen-bond acceptors (Lipinski definition) is 1. The molecule has 0 radical (unpaired) electrons. The van der Waals surface area contributed by atoms with Gasteiger partial charge in [-0.15, -0.1) is 0 Å². The third-order valence-electron chi connectivity index (χ3n) is 4.47. The van der Waals surface area contributed by atoms with Crippen molar-refractivity contribution < 1.29 is 4.79 Å². The first kappa shape index (κ1) is 18.3. The first-order chi connectivity index (χ1) is 11.6. The standard InChI is InChI=1S/C22H29NO/c1-5-10-19(14-16(3)18-12-8-7-9-13-18)22-15-20(17(4)24)21(23-22)11-6-2/h5,10,12,14-15,23H,3,6-9,11,13H2,1-2,4H3/b10-5-,19-14+. The number of carbonyl (C=O) groups excluding carboxylic acids is 1. The van der Waals surface area contributed by atoms with Gasteiger partial charge in [0, 0.05) is 17.0 Å². The molecule has 1 heterocycles. The molecule has 0 unspecified atom stereocenters. The van der Waals surface area contributed by atoms with Crippen LogP contribution in [0.4, 0.5) is 0 Å². The Hall–Kier alpha value is -2.09. The summed E-state index contributed by atoms with van der Waals surface area (Å²) in [5.41, 5.74) is 6.37. The molecule has 0 aliphatic heterocycles. The Morgan fingerprint density at radius 2 is 2.17 bits per heavy atom. The number of carbonyl (C=O) groups is 1. The molecular formula is C22H29NO. The summed E-state index contributed by atoms with van der Waals surface area (Å²) in [6, 6.07) is 1.99. The molecule has 2 nitrogen and oxygen atoms in total. The van der Waals surface area contributed by atoms with E-state index in [2.05, 4.69) is 36.7 Å². The molecule has 2 heteroatoms. The molecule has 24 heavy (non-hydrogen) atoms. The smallest absolute Gasteiger partial charge is 0.161 e. The average molecular weight is 323 g/mol. The van der Waals surface area contributed by atoms with E-state index in [4.69, 9.17) is 0 Å². The van der Waals surface area contributed by atoms with Crippen LogP contribution in [0.25, 0.3) is 5.57 Å². The molecule has 0 spiro atoms. The topological polar surface area (TPSA) is 32.9 Å². The average Bonchev–Trinajstić information content (AvgIpc) is 3.00. The Kier molecular flexibility index (Phi) is 6.60. The SMILES string of the molecule is C=C(/C=C(\C=C/C)c1cc(C(C)=O)c(CCC)[nH]1)C1=CCCCC1. The predicted octanol–water partition coefficient (Wildman–Crippen LogP) is 6.19. The van der Waals surface area contributed by atoms with Gasteiger partial charge in [-0.3, -0.25) is 4.79 Å². The van der Waals surface area contributed by atoms with Gasteiger partial charge in [-0.25, -0.2) is 0 Å². The van der Waals surface area contributed by atoms with E-state index in [9.17, 15) is 4.79 Å². The van der Waals surface area contributed by atoms with Crippen LogP contribution in [-0.2, 0) is 6.42 Å². The van der Waals surface area contributed by atoms with Crippen molar-refractivity contribution in [1.29, 1.82) is 0 Å². The van der Waals surface area contributed by atoms with Crippen molar-refractivity contribution >= 4 is 11.4 Å². The molecule has 0 bridgehead atoms. The van der Waals surface area contributed by atoms with Crippen LogP contribution in [0.15, 0.2) is 48.1 Å². The molecule has 0 saturated carbocycles. The molecule has 0 fully saturated rings. The van der Waals surface area contributed by atoms with E-state index in [1.807, 2.05) is 19.1 Å². The van der Waals surface area contributed by atoms with Crippen LogP contribution in [-0.4, -0.2) is 10.8 Å². The van der Waals surface area contributed by atoms with E-state index in [-0.39, 0.29) is 5.78 Å². The number of nitrogens with one attached hydrogen (secondary N) is 1. The van der Waals surface area contributed by atoms with Crippen LogP contribution in [0.2, 0.25) is 0 Å². The summed E-state index contributed by atoms with van der Waals surface area (Å²) in [4.78, 5) is 15.4. The van der Waals surface area contributed by atoms with Crippen molar-refractivity contribution in [2.24, 2.45) is 0 Å². The molecule has 0 amide bonds. The van der Waals surface area contributed by atoms with Crippen LogP contribution >= 0.6 is 0 Å². The highest BCUT2D eigenvalue weighted by atomic mass is 16.1. The number of rotatable bonds is 7. The van der Waals surface area contributed by atoms with E-state index >= 15 is 0 Å². The predicted molar refractivity (Wildman–Crippen MR) is 103 cm³/mol. The molecule has 128 valence electrons. The summed E-state index contributed by atoms with van der Waals surface area (Å²) in [5.74, 6) is 0.120. The van der Waals surface area contributed by atoms with Crippen LogP contribution in [0.3, 0.4) is 0 Å². The maximum atomic E-state index is 11.9. The fraction of sp³-hybridized carbons (Fsp3) is 0.409. The summed E-state index contributed by atoms with van der Waals surface area (Å²) in [6.07, 6.45) is 15.3. The molecular weight excluding hydrogens is 294 g/mol. The number of ketones is 1. The zero-order chi connectivity index (χ0) is 17.5. The van der Waals surface area contributed by atoms with Crippen molar-refractivity contribution in [1.82, 2.24) is 4.98 Å². The Balaban J connectivity index is 2.38. The van der Waals surface area contributed by atoms with Gasteiger partial charge in [0.15, 0.2) is 5.78 Å². The van der Waals surface area contributed by atoms with Gasteiger partial charge in [0.1, 0.15) is 0 Å². The summed E-state index contributed by atoms with van der Waals surface area (Å²) in [5, 5.41) is 0. The van der Waals surface area contributed by atoms with Gasteiger partial charge in [-0.1, -0.05) is 38.2 Å². The molecule has 2 rings (SSSR count). The van der Waals surface area contributed by atoms with Gasteiger partial charge in [-0.2, -0.15) is 0 Å². The van der Waals surface area contributed by atoms with Crippen molar-refractivity contribution in [2.45, 2.75) is 59.3 Å². The summed E-state index contributed by atoms with van der Waals surface area (Å²) in [7, 11) is 0. The van der Waals surface area contributed by atoms with Crippen LogP contribution < -0.4 is 0 Å². The second-order valence-corrected chi connectivity index (χ2v) is 6.48. The number of aromatic nitrogens is 1. The lowest BCUT2D eigenvalue weighted by molar-refractivity contribution is 0.101. The zero-order valence-electron chi connectivity index (χ0n) is 15.2. The maximum Gasteiger partial charge on any atom is 0.161 e. The van der Waals surface area contributed by atoms with E-state index in [0.29, 0.717) is 0 Å². The molecule has 1 N–H and O–H groups in total. The summed E-state index contributed by atoms with van der Waals surface area (Å²) in [6.45, 7) is 10.0. The van der Waals surface area contributed by atoms with Gasteiger partial charge in [0.2, 0.25) is 0 Å². The van der Waals surface area contributed by atoms with Gasteiger partial charge < -0.3 is 4.98 Å². The van der Waals surface area contributed by atoms with Gasteiger partial charge >= 0.3 is 0 Å². The molecule has 1 aromatic rings. The lowest BCUT2D eigenvalue weighted by Crippen LogP contribution is -1.96. The fourth-order valence-corrected chi connectivity index (χ4v) is 3.22. The minimum atomic E-state index is 0.120. The third kappa shape index (κ3) is 4.47. The lowest BCUT2D eigenvalue weighted by atomic mass is 9.93. The van der Waals surface area contributed by atoms with Gasteiger partial charge in [0.25, 0.3) is 0 Å². The monoisotopic (exact) mass is 323 g/mol.